The lowest BCUT2D eigenvalue weighted by molar-refractivity contribution is -0.146. The first kappa shape index (κ1) is 17.8. The SMILES string of the molecule is CC1=C(C(=O)OC2CCC(C)CC2)[C@H](c2ccc(Cl)cc2)NC(=O)N1. The van der Waals surface area contributed by atoms with Crippen molar-refractivity contribution in [1.29, 1.82) is 0 Å². The number of amides is 2. The lowest BCUT2D eigenvalue weighted by Crippen LogP contribution is -2.45. The molecule has 2 aliphatic rings. The molecule has 0 bridgehead atoms. The van der Waals surface area contributed by atoms with Crippen LogP contribution in [-0.2, 0) is 9.53 Å². The van der Waals surface area contributed by atoms with E-state index in [9.17, 15) is 9.59 Å². The maximum absolute atomic E-state index is 12.8. The second kappa shape index (κ2) is 7.48. The van der Waals surface area contributed by atoms with Gasteiger partial charge in [-0.3, -0.25) is 0 Å². The third kappa shape index (κ3) is 4.15. The Kier molecular flexibility index (Phi) is 5.33. The first-order valence-electron chi connectivity index (χ1n) is 8.68. The van der Waals surface area contributed by atoms with Crippen LogP contribution in [0, 0.1) is 5.92 Å². The zero-order valence-electron chi connectivity index (χ0n) is 14.5. The average molecular weight is 363 g/mol. The lowest BCUT2D eigenvalue weighted by atomic mass is 9.89. The zero-order valence-corrected chi connectivity index (χ0v) is 15.2. The van der Waals surface area contributed by atoms with Crippen LogP contribution in [0.1, 0.15) is 51.1 Å². The smallest absolute Gasteiger partial charge is 0.338 e. The highest BCUT2D eigenvalue weighted by Gasteiger charge is 2.33. The van der Waals surface area contributed by atoms with Gasteiger partial charge in [-0.05, 0) is 56.2 Å². The molecule has 0 aromatic heterocycles. The molecule has 0 unspecified atom stereocenters. The van der Waals surface area contributed by atoms with Gasteiger partial charge in [0.2, 0.25) is 0 Å². The summed E-state index contributed by atoms with van der Waals surface area (Å²) in [5.41, 5.74) is 1.77. The summed E-state index contributed by atoms with van der Waals surface area (Å²) in [6.07, 6.45) is 3.89. The summed E-state index contributed by atoms with van der Waals surface area (Å²) in [6.45, 7) is 3.95. The van der Waals surface area contributed by atoms with E-state index >= 15 is 0 Å². The number of hydrogen-bond donors (Lipinski definition) is 2. The molecular weight excluding hydrogens is 340 g/mol. The summed E-state index contributed by atoms with van der Waals surface area (Å²) < 4.78 is 5.75. The highest BCUT2D eigenvalue weighted by atomic mass is 35.5. The summed E-state index contributed by atoms with van der Waals surface area (Å²) in [5, 5.41) is 6.08. The molecular formula is C19H23ClN2O3. The number of urea groups is 1. The van der Waals surface area contributed by atoms with Crippen LogP contribution in [0.25, 0.3) is 0 Å². The van der Waals surface area contributed by atoms with Crippen molar-refractivity contribution in [2.24, 2.45) is 5.92 Å². The van der Waals surface area contributed by atoms with E-state index in [0.29, 0.717) is 22.2 Å². The average Bonchev–Trinajstić information content (AvgIpc) is 2.57. The number of halogens is 1. The van der Waals surface area contributed by atoms with Crippen LogP contribution < -0.4 is 10.6 Å². The number of allylic oxidation sites excluding steroid dienone is 1. The number of carbonyl (C=O) groups is 2. The fraction of sp³-hybridized carbons (Fsp3) is 0.474. The molecule has 1 aromatic rings. The molecule has 1 saturated carbocycles. The molecule has 0 saturated heterocycles. The Morgan fingerprint density at radius 1 is 1.16 bits per heavy atom. The molecule has 1 atom stereocenters. The molecule has 1 heterocycles. The molecule has 6 heteroatoms. The van der Waals surface area contributed by atoms with Gasteiger partial charge < -0.3 is 15.4 Å². The van der Waals surface area contributed by atoms with E-state index in [1.54, 1.807) is 31.2 Å². The Hall–Kier alpha value is -2.01. The minimum absolute atomic E-state index is 0.0486. The summed E-state index contributed by atoms with van der Waals surface area (Å²) in [7, 11) is 0. The minimum atomic E-state index is -0.541. The molecule has 5 nitrogen and oxygen atoms in total. The number of carbonyl (C=O) groups excluding carboxylic acids is 2. The van der Waals surface area contributed by atoms with Crippen molar-refractivity contribution in [3.63, 3.8) is 0 Å². The Morgan fingerprint density at radius 3 is 2.44 bits per heavy atom. The number of nitrogens with one attached hydrogen (secondary N) is 2. The summed E-state index contributed by atoms with van der Waals surface area (Å²) in [6, 6.07) is 6.22. The lowest BCUT2D eigenvalue weighted by Gasteiger charge is -2.31. The van der Waals surface area contributed by atoms with Gasteiger partial charge in [-0.1, -0.05) is 30.7 Å². The molecule has 1 aliphatic carbocycles. The predicted molar refractivity (Wildman–Crippen MR) is 96.1 cm³/mol. The monoisotopic (exact) mass is 362 g/mol. The zero-order chi connectivity index (χ0) is 18.0. The number of ether oxygens (including phenoxy) is 1. The van der Waals surface area contributed by atoms with E-state index in [-0.39, 0.29) is 18.1 Å². The normalized spacial score (nSPS) is 26.7. The Morgan fingerprint density at radius 2 is 1.80 bits per heavy atom. The second-order valence-corrected chi connectivity index (χ2v) is 7.35. The van der Waals surface area contributed by atoms with E-state index in [2.05, 4.69) is 17.6 Å². The Bertz CT molecular complexity index is 691. The summed E-state index contributed by atoms with van der Waals surface area (Å²) >= 11 is 5.94. The van der Waals surface area contributed by atoms with Crippen LogP contribution in [-0.4, -0.2) is 18.1 Å². The molecule has 134 valence electrons. The summed E-state index contributed by atoms with van der Waals surface area (Å²) in [4.78, 5) is 24.7. The van der Waals surface area contributed by atoms with E-state index in [0.717, 1.165) is 31.2 Å². The Balaban J connectivity index is 1.82. The number of hydrogen-bond acceptors (Lipinski definition) is 3. The van der Waals surface area contributed by atoms with Crippen molar-refractivity contribution in [3.8, 4) is 0 Å². The van der Waals surface area contributed by atoms with E-state index in [4.69, 9.17) is 16.3 Å². The number of esters is 1. The molecule has 1 fully saturated rings. The van der Waals surface area contributed by atoms with Crippen LogP contribution in [0.2, 0.25) is 5.02 Å². The Labute approximate surface area is 152 Å². The maximum Gasteiger partial charge on any atom is 0.338 e. The van der Waals surface area contributed by atoms with Gasteiger partial charge >= 0.3 is 12.0 Å². The van der Waals surface area contributed by atoms with Crippen LogP contribution in [0.5, 0.6) is 0 Å². The van der Waals surface area contributed by atoms with Crippen molar-refractivity contribution in [3.05, 3.63) is 46.1 Å². The first-order valence-corrected chi connectivity index (χ1v) is 9.06. The topological polar surface area (TPSA) is 67.4 Å². The molecule has 1 aliphatic heterocycles. The van der Waals surface area contributed by atoms with E-state index in [1.807, 2.05) is 0 Å². The number of benzene rings is 1. The molecule has 0 spiro atoms. The van der Waals surface area contributed by atoms with Gasteiger partial charge in [0.05, 0.1) is 11.6 Å². The van der Waals surface area contributed by atoms with Gasteiger partial charge in [0, 0.05) is 10.7 Å². The third-order valence-corrected chi connectivity index (χ3v) is 5.18. The van der Waals surface area contributed by atoms with Gasteiger partial charge in [0.1, 0.15) is 6.10 Å². The van der Waals surface area contributed by atoms with Crippen molar-refractivity contribution < 1.29 is 14.3 Å². The highest BCUT2D eigenvalue weighted by molar-refractivity contribution is 6.30. The van der Waals surface area contributed by atoms with Gasteiger partial charge in [-0.2, -0.15) is 0 Å². The highest BCUT2D eigenvalue weighted by Crippen LogP contribution is 2.31. The molecule has 2 N–H and O–H groups in total. The fourth-order valence-electron chi connectivity index (χ4n) is 3.43. The van der Waals surface area contributed by atoms with Crippen LogP contribution in [0.15, 0.2) is 35.5 Å². The van der Waals surface area contributed by atoms with Gasteiger partial charge in [0.15, 0.2) is 0 Å². The molecule has 0 radical (unpaired) electrons. The minimum Gasteiger partial charge on any atom is -0.459 e. The van der Waals surface area contributed by atoms with Gasteiger partial charge in [-0.15, -0.1) is 0 Å². The molecule has 25 heavy (non-hydrogen) atoms. The van der Waals surface area contributed by atoms with E-state index < -0.39 is 6.04 Å². The second-order valence-electron chi connectivity index (χ2n) is 6.91. The maximum atomic E-state index is 12.8. The van der Waals surface area contributed by atoms with Crippen molar-refractivity contribution in [1.82, 2.24) is 10.6 Å². The predicted octanol–water partition coefficient (Wildman–Crippen LogP) is 4.09. The van der Waals surface area contributed by atoms with Crippen LogP contribution in [0.4, 0.5) is 4.79 Å². The first-order chi connectivity index (χ1) is 11.9. The standard InChI is InChI=1S/C19H23ClN2O3/c1-11-3-9-15(10-4-11)25-18(23)16-12(2)21-19(24)22-17(16)13-5-7-14(20)8-6-13/h5-8,11,15,17H,3-4,9-10H2,1-2H3,(H2,21,22,24)/t11?,15?,17-/m0/s1. The van der Waals surface area contributed by atoms with Crippen molar-refractivity contribution >= 4 is 23.6 Å². The quantitative estimate of drug-likeness (QED) is 0.796. The molecule has 1 aromatic carbocycles. The van der Waals surface area contributed by atoms with Crippen LogP contribution >= 0.6 is 11.6 Å². The van der Waals surface area contributed by atoms with Crippen molar-refractivity contribution in [2.75, 3.05) is 0 Å². The largest absolute Gasteiger partial charge is 0.459 e. The number of rotatable bonds is 3. The molecule has 2 amide bonds. The van der Waals surface area contributed by atoms with E-state index in [1.165, 1.54) is 0 Å². The summed E-state index contributed by atoms with van der Waals surface area (Å²) in [5.74, 6) is 0.317. The van der Waals surface area contributed by atoms with Crippen molar-refractivity contribution in [2.45, 2.75) is 51.7 Å². The molecule has 3 rings (SSSR count). The van der Waals surface area contributed by atoms with Crippen LogP contribution in [0.3, 0.4) is 0 Å². The van der Waals surface area contributed by atoms with Gasteiger partial charge in [-0.25, -0.2) is 9.59 Å². The fourth-order valence-corrected chi connectivity index (χ4v) is 3.56. The third-order valence-electron chi connectivity index (χ3n) is 4.93. The van der Waals surface area contributed by atoms with Gasteiger partial charge in [0.25, 0.3) is 0 Å².